The first-order chi connectivity index (χ1) is 13.8. The quantitative estimate of drug-likeness (QED) is 0.531. The zero-order chi connectivity index (χ0) is 19.6. The molecule has 152 valence electrons. The van der Waals surface area contributed by atoms with Gasteiger partial charge in [0.1, 0.15) is 5.69 Å². The number of hydrogen-bond acceptors (Lipinski definition) is 6. The maximum absolute atomic E-state index is 5.29. The van der Waals surface area contributed by atoms with Crippen molar-refractivity contribution in [2.24, 2.45) is 4.99 Å². The zero-order valence-electron chi connectivity index (χ0n) is 16.9. The van der Waals surface area contributed by atoms with Gasteiger partial charge in [-0.2, -0.15) is 4.98 Å². The van der Waals surface area contributed by atoms with Crippen molar-refractivity contribution in [3.63, 3.8) is 0 Å². The molecule has 2 aromatic rings. The van der Waals surface area contributed by atoms with E-state index in [4.69, 9.17) is 4.52 Å². The average molecular weight is 386 g/mol. The smallest absolute Gasteiger partial charge is 0.276 e. The Labute approximate surface area is 166 Å². The molecule has 8 nitrogen and oxygen atoms in total. The highest BCUT2D eigenvalue weighted by atomic mass is 16.5. The third kappa shape index (κ3) is 6.02. The van der Waals surface area contributed by atoms with Gasteiger partial charge in [-0.25, -0.2) is 0 Å². The standard InChI is InChI=1S/C20H31N7O/c1-3-4-13-27-14-9-16(10-15-27)24-20(21-2)23-12-8-18-25-19(28-26-18)17-7-5-6-11-22-17/h5-7,11,16H,3-4,8-10,12-15H2,1-2H3,(H2,21,23,24). The third-order valence-corrected chi connectivity index (χ3v) is 4.97. The van der Waals surface area contributed by atoms with Gasteiger partial charge in [0, 0.05) is 45.3 Å². The summed E-state index contributed by atoms with van der Waals surface area (Å²) in [6, 6.07) is 6.09. The van der Waals surface area contributed by atoms with Gasteiger partial charge in [0.25, 0.3) is 5.89 Å². The van der Waals surface area contributed by atoms with Crippen molar-refractivity contribution in [3.05, 3.63) is 30.2 Å². The van der Waals surface area contributed by atoms with E-state index in [1.807, 2.05) is 18.2 Å². The molecule has 0 aliphatic carbocycles. The average Bonchev–Trinajstić information content (AvgIpc) is 3.22. The van der Waals surface area contributed by atoms with Gasteiger partial charge >= 0.3 is 0 Å². The Morgan fingerprint density at radius 3 is 2.89 bits per heavy atom. The number of pyridine rings is 1. The number of piperidine rings is 1. The number of hydrogen-bond donors (Lipinski definition) is 2. The van der Waals surface area contributed by atoms with E-state index in [1.54, 1.807) is 13.2 Å². The van der Waals surface area contributed by atoms with Crippen LogP contribution in [-0.4, -0.2) is 65.3 Å². The van der Waals surface area contributed by atoms with Crippen molar-refractivity contribution in [1.29, 1.82) is 0 Å². The molecule has 1 aliphatic rings. The molecule has 0 aromatic carbocycles. The van der Waals surface area contributed by atoms with Crippen LogP contribution in [0.5, 0.6) is 0 Å². The fourth-order valence-electron chi connectivity index (χ4n) is 3.31. The largest absolute Gasteiger partial charge is 0.356 e. The van der Waals surface area contributed by atoms with Gasteiger partial charge in [-0.1, -0.05) is 24.6 Å². The molecule has 0 unspecified atom stereocenters. The number of nitrogens with zero attached hydrogens (tertiary/aromatic N) is 5. The second kappa shape index (κ2) is 10.8. The first-order valence-corrected chi connectivity index (χ1v) is 10.2. The lowest BCUT2D eigenvalue weighted by Gasteiger charge is -2.33. The van der Waals surface area contributed by atoms with Crippen molar-refractivity contribution in [3.8, 4) is 11.6 Å². The minimum Gasteiger partial charge on any atom is -0.356 e. The lowest BCUT2D eigenvalue weighted by atomic mass is 10.0. The van der Waals surface area contributed by atoms with Gasteiger partial charge in [0.15, 0.2) is 11.8 Å². The Morgan fingerprint density at radius 2 is 2.18 bits per heavy atom. The first-order valence-electron chi connectivity index (χ1n) is 10.2. The molecule has 0 radical (unpaired) electrons. The van der Waals surface area contributed by atoms with Crippen molar-refractivity contribution in [2.45, 2.75) is 45.1 Å². The number of guanidine groups is 1. The van der Waals surface area contributed by atoms with E-state index in [9.17, 15) is 0 Å². The molecule has 8 heteroatoms. The molecule has 1 fully saturated rings. The van der Waals surface area contributed by atoms with Gasteiger partial charge in [0.05, 0.1) is 0 Å². The van der Waals surface area contributed by atoms with Gasteiger partial charge in [-0.3, -0.25) is 9.98 Å². The number of aromatic nitrogens is 3. The van der Waals surface area contributed by atoms with Crippen molar-refractivity contribution >= 4 is 5.96 Å². The fraction of sp³-hybridized carbons (Fsp3) is 0.600. The number of unbranched alkanes of at least 4 members (excludes halogenated alkanes) is 1. The van der Waals surface area contributed by atoms with E-state index < -0.39 is 0 Å². The van der Waals surface area contributed by atoms with E-state index in [0.717, 1.165) is 31.9 Å². The monoisotopic (exact) mass is 385 g/mol. The summed E-state index contributed by atoms with van der Waals surface area (Å²) in [7, 11) is 1.80. The first kappa shape index (κ1) is 20.3. The van der Waals surface area contributed by atoms with Crippen LogP contribution in [0.4, 0.5) is 0 Å². The third-order valence-electron chi connectivity index (χ3n) is 4.97. The summed E-state index contributed by atoms with van der Waals surface area (Å²) in [6.07, 6.45) is 7.24. The number of likely N-dealkylation sites (tertiary alicyclic amines) is 1. The lowest BCUT2D eigenvalue weighted by molar-refractivity contribution is 0.203. The van der Waals surface area contributed by atoms with Gasteiger partial charge in [-0.15, -0.1) is 0 Å². The Balaban J connectivity index is 1.39. The summed E-state index contributed by atoms with van der Waals surface area (Å²) in [5, 5.41) is 10.9. The van der Waals surface area contributed by atoms with Crippen LogP contribution in [0.2, 0.25) is 0 Å². The minimum atomic E-state index is 0.452. The molecule has 28 heavy (non-hydrogen) atoms. The van der Waals surface area contributed by atoms with Crippen LogP contribution in [0.15, 0.2) is 33.9 Å². The van der Waals surface area contributed by atoms with Crippen LogP contribution in [-0.2, 0) is 6.42 Å². The Kier molecular flexibility index (Phi) is 7.78. The van der Waals surface area contributed by atoms with Crippen LogP contribution < -0.4 is 10.6 Å². The molecular formula is C20H31N7O. The molecule has 2 N–H and O–H groups in total. The Bertz CT molecular complexity index is 723. The summed E-state index contributed by atoms with van der Waals surface area (Å²) in [5.74, 6) is 1.95. The van der Waals surface area contributed by atoms with Crippen molar-refractivity contribution in [2.75, 3.05) is 33.2 Å². The molecule has 1 saturated heterocycles. The van der Waals surface area contributed by atoms with E-state index in [0.29, 0.717) is 36.4 Å². The molecule has 0 bridgehead atoms. The van der Waals surface area contributed by atoms with Crippen LogP contribution in [0.3, 0.4) is 0 Å². The van der Waals surface area contributed by atoms with Crippen LogP contribution in [0.1, 0.15) is 38.4 Å². The summed E-state index contributed by atoms with van der Waals surface area (Å²) in [5.41, 5.74) is 0.692. The summed E-state index contributed by atoms with van der Waals surface area (Å²) < 4.78 is 5.29. The molecule has 3 heterocycles. The van der Waals surface area contributed by atoms with Crippen molar-refractivity contribution < 1.29 is 4.52 Å². The normalized spacial score (nSPS) is 16.3. The van der Waals surface area contributed by atoms with Crippen molar-refractivity contribution in [1.82, 2.24) is 30.7 Å². The van der Waals surface area contributed by atoms with E-state index in [1.165, 1.54) is 19.4 Å². The summed E-state index contributed by atoms with van der Waals surface area (Å²) in [4.78, 5) is 15.5. The predicted molar refractivity (Wildman–Crippen MR) is 110 cm³/mol. The predicted octanol–water partition coefficient (Wildman–Crippen LogP) is 2.10. The van der Waals surface area contributed by atoms with Crippen LogP contribution in [0, 0.1) is 0 Å². The fourth-order valence-corrected chi connectivity index (χ4v) is 3.31. The SMILES string of the molecule is CCCCN1CCC(NC(=NC)NCCc2noc(-c3ccccn3)n2)CC1. The highest BCUT2D eigenvalue weighted by Gasteiger charge is 2.19. The topological polar surface area (TPSA) is 91.5 Å². The molecule has 3 rings (SSSR count). The van der Waals surface area contributed by atoms with Crippen LogP contribution >= 0.6 is 0 Å². The highest BCUT2D eigenvalue weighted by Crippen LogP contribution is 2.13. The molecule has 0 amide bonds. The van der Waals surface area contributed by atoms with E-state index >= 15 is 0 Å². The molecule has 0 spiro atoms. The molecule has 2 aromatic heterocycles. The number of rotatable bonds is 8. The summed E-state index contributed by atoms with van der Waals surface area (Å²) >= 11 is 0. The highest BCUT2D eigenvalue weighted by molar-refractivity contribution is 5.79. The summed E-state index contributed by atoms with van der Waals surface area (Å²) in [6.45, 7) is 6.48. The number of nitrogens with one attached hydrogen (secondary N) is 2. The minimum absolute atomic E-state index is 0.452. The lowest BCUT2D eigenvalue weighted by Crippen LogP contribution is -2.49. The Hall–Kier alpha value is -2.48. The van der Waals surface area contributed by atoms with Gasteiger partial charge in [-0.05, 0) is 37.9 Å². The van der Waals surface area contributed by atoms with Crippen LogP contribution in [0.25, 0.3) is 11.6 Å². The van der Waals surface area contributed by atoms with E-state index in [2.05, 4.69) is 42.6 Å². The molecule has 0 atom stereocenters. The molecular weight excluding hydrogens is 354 g/mol. The maximum Gasteiger partial charge on any atom is 0.276 e. The Morgan fingerprint density at radius 1 is 1.32 bits per heavy atom. The number of aliphatic imine (C=N–C) groups is 1. The van der Waals surface area contributed by atoms with E-state index in [-0.39, 0.29) is 0 Å². The molecule has 0 saturated carbocycles. The molecule has 1 aliphatic heterocycles. The zero-order valence-corrected chi connectivity index (χ0v) is 16.9. The maximum atomic E-state index is 5.29. The second-order valence-corrected chi connectivity index (χ2v) is 7.09. The van der Waals surface area contributed by atoms with Gasteiger partial charge in [0.2, 0.25) is 0 Å². The second-order valence-electron chi connectivity index (χ2n) is 7.09. The van der Waals surface area contributed by atoms with Gasteiger partial charge < -0.3 is 20.1 Å².